The number of ether oxygens (including phenoxy) is 1. The zero-order valence-corrected chi connectivity index (χ0v) is 10.2. The van der Waals surface area contributed by atoms with Gasteiger partial charge in [-0.2, -0.15) is 0 Å². The molecule has 7 heteroatoms. The summed E-state index contributed by atoms with van der Waals surface area (Å²) in [5.41, 5.74) is 0. The van der Waals surface area contributed by atoms with Gasteiger partial charge in [0.15, 0.2) is 0 Å². The minimum absolute atomic E-state index is 0.0274. The van der Waals surface area contributed by atoms with Gasteiger partial charge < -0.3 is 10.1 Å². The molecular weight excluding hydrogens is 264 g/mol. The van der Waals surface area contributed by atoms with Crippen molar-refractivity contribution < 1.29 is 14.3 Å². The van der Waals surface area contributed by atoms with Gasteiger partial charge in [0.1, 0.15) is 6.61 Å². The van der Waals surface area contributed by atoms with Crippen LogP contribution in [0.5, 0.6) is 0 Å². The number of hydrogen-bond acceptors (Lipinski definition) is 3. The Labute approximate surface area is 102 Å². The average molecular weight is 275 g/mol. The summed E-state index contributed by atoms with van der Waals surface area (Å²) in [5, 5.41) is 2.54. The van der Waals surface area contributed by atoms with Gasteiger partial charge in [0.05, 0.1) is 6.04 Å². The third-order valence-corrected chi connectivity index (χ3v) is 3.44. The summed E-state index contributed by atoms with van der Waals surface area (Å²) < 4.78 is 3.22. The summed E-state index contributed by atoms with van der Waals surface area (Å²) in [4.78, 5) is 22.0. The van der Waals surface area contributed by atoms with E-state index in [2.05, 4.69) is 5.32 Å². The van der Waals surface area contributed by atoms with E-state index in [1.165, 1.54) is 6.92 Å². The lowest BCUT2D eigenvalue weighted by Gasteiger charge is -2.20. The molecule has 0 aromatic rings. The van der Waals surface area contributed by atoms with Crippen LogP contribution in [0.2, 0.25) is 0 Å². The molecule has 0 unspecified atom stereocenters. The molecule has 0 aliphatic carbocycles. The Kier molecular flexibility index (Phi) is 4.09. The van der Waals surface area contributed by atoms with Gasteiger partial charge in [0.25, 0.3) is 5.91 Å². The summed E-state index contributed by atoms with van der Waals surface area (Å²) in [7, 11) is 0. The zero-order valence-electron chi connectivity index (χ0n) is 7.93. The zero-order chi connectivity index (χ0) is 11.6. The number of alkyl halides is 3. The molecule has 1 aliphatic heterocycles. The van der Waals surface area contributed by atoms with Gasteiger partial charge in [0.2, 0.25) is 4.33 Å². The van der Waals surface area contributed by atoms with Gasteiger partial charge in [0, 0.05) is 18.7 Å². The van der Waals surface area contributed by atoms with Crippen LogP contribution in [-0.4, -0.2) is 34.7 Å². The van der Waals surface area contributed by atoms with Crippen molar-refractivity contribution in [1.82, 2.24) is 5.32 Å². The van der Waals surface area contributed by atoms with Gasteiger partial charge in [-0.3, -0.25) is 9.59 Å². The first-order valence-corrected chi connectivity index (χ1v) is 5.56. The van der Waals surface area contributed by atoms with Crippen molar-refractivity contribution in [3.63, 3.8) is 0 Å². The third kappa shape index (κ3) is 2.68. The molecule has 1 heterocycles. The molecule has 1 fully saturated rings. The lowest BCUT2D eigenvalue weighted by molar-refractivity contribution is -0.142. The van der Waals surface area contributed by atoms with Crippen molar-refractivity contribution in [2.24, 2.45) is 5.92 Å². The summed E-state index contributed by atoms with van der Waals surface area (Å²) in [5.74, 6) is -1.31. The van der Waals surface area contributed by atoms with E-state index in [-0.39, 0.29) is 12.5 Å². The molecule has 1 amide bonds. The highest BCUT2D eigenvalue weighted by Gasteiger charge is 2.53. The van der Waals surface area contributed by atoms with E-state index in [4.69, 9.17) is 39.5 Å². The van der Waals surface area contributed by atoms with E-state index in [1.807, 2.05) is 0 Å². The molecule has 0 bridgehead atoms. The third-order valence-electron chi connectivity index (χ3n) is 2.20. The van der Waals surface area contributed by atoms with Gasteiger partial charge in [-0.15, -0.1) is 11.6 Å². The quantitative estimate of drug-likeness (QED) is 0.619. The number of esters is 1. The number of carbonyl (C=O) groups excluding carboxylic acids is 2. The molecule has 0 spiro atoms. The highest BCUT2D eigenvalue weighted by Crippen LogP contribution is 2.38. The normalized spacial score (nSPS) is 28.7. The second-order valence-electron chi connectivity index (χ2n) is 3.27. The van der Waals surface area contributed by atoms with Crippen LogP contribution >= 0.6 is 34.8 Å². The summed E-state index contributed by atoms with van der Waals surface area (Å²) in [6.45, 7) is 1.31. The summed E-state index contributed by atoms with van der Waals surface area (Å²) in [6, 6.07) is -0.436. The fourth-order valence-corrected chi connectivity index (χ4v) is 2.53. The fraction of sp³-hybridized carbons (Fsp3) is 0.750. The van der Waals surface area contributed by atoms with Crippen LogP contribution in [0, 0.1) is 5.92 Å². The van der Waals surface area contributed by atoms with Crippen molar-refractivity contribution in [3.05, 3.63) is 0 Å². The van der Waals surface area contributed by atoms with Crippen molar-refractivity contribution in [2.45, 2.75) is 17.3 Å². The van der Waals surface area contributed by atoms with E-state index in [1.54, 1.807) is 0 Å². The molecule has 86 valence electrons. The van der Waals surface area contributed by atoms with Crippen LogP contribution in [0.4, 0.5) is 0 Å². The molecular formula is C8H10Cl3NO3. The molecule has 2 atom stereocenters. The summed E-state index contributed by atoms with van der Waals surface area (Å²) >= 11 is 17.3. The molecule has 1 saturated heterocycles. The van der Waals surface area contributed by atoms with Gasteiger partial charge in [-0.1, -0.05) is 23.2 Å². The van der Waals surface area contributed by atoms with Crippen molar-refractivity contribution >= 4 is 46.7 Å². The van der Waals surface area contributed by atoms with E-state index < -0.39 is 28.2 Å². The topological polar surface area (TPSA) is 55.4 Å². The monoisotopic (exact) mass is 273 g/mol. The van der Waals surface area contributed by atoms with Crippen LogP contribution in [0.1, 0.15) is 6.92 Å². The van der Waals surface area contributed by atoms with Crippen LogP contribution in [0.15, 0.2) is 0 Å². The minimum atomic E-state index is -1.55. The summed E-state index contributed by atoms with van der Waals surface area (Å²) in [6.07, 6.45) is 0. The Hall–Kier alpha value is -0.190. The van der Waals surface area contributed by atoms with Gasteiger partial charge in [-0.05, 0) is 0 Å². The highest BCUT2D eigenvalue weighted by atomic mass is 35.5. The number of hydrogen-bond donors (Lipinski definition) is 1. The number of nitrogens with one attached hydrogen (secondary N) is 1. The molecule has 0 aromatic carbocycles. The number of halogens is 3. The fourth-order valence-electron chi connectivity index (χ4n) is 1.36. The second kappa shape index (κ2) is 4.76. The van der Waals surface area contributed by atoms with Crippen molar-refractivity contribution in [2.75, 3.05) is 12.5 Å². The average Bonchev–Trinajstić information content (AvgIpc) is 2.34. The Bertz CT molecular complexity index is 282. The number of carbonyl (C=O) groups is 2. The lowest BCUT2D eigenvalue weighted by atomic mass is 10.0. The van der Waals surface area contributed by atoms with Crippen LogP contribution in [0.3, 0.4) is 0 Å². The molecule has 1 aliphatic rings. The molecule has 1 N–H and O–H groups in total. The Morgan fingerprint density at radius 1 is 1.60 bits per heavy atom. The van der Waals surface area contributed by atoms with Crippen molar-refractivity contribution in [1.29, 1.82) is 0 Å². The molecule has 15 heavy (non-hydrogen) atoms. The van der Waals surface area contributed by atoms with Gasteiger partial charge in [-0.25, -0.2) is 0 Å². The lowest BCUT2D eigenvalue weighted by Crippen LogP contribution is -2.35. The highest BCUT2D eigenvalue weighted by molar-refractivity contribution is 6.59. The molecule has 0 aromatic heterocycles. The predicted octanol–water partition coefficient (Wildman–Crippen LogP) is 1.08. The Morgan fingerprint density at radius 2 is 2.20 bits per heavy atom. The largest absolute Gasteiger partial charge is 0.464 e. The van der Waals surface area contributed by atoms with Gasteiger partial charge >= 0.3 is 5.97 Å². The maximum absolute atomic E-state index is 11.3. The van der Waals surface area contributed by atoms with Crippen LogP contribution in [0.25, 0.3) is 0 Å². The second-order valence-corrected chi connectivity index (χ2v) is 4.96. The maximum atomic E-state index is 11.3. The Balaban J connectivity index is 2.67. The first-order chi connectivity index (χ1) is 6.89. The van der Waals surface area contributed by atoms with Crippen LogP contribution in [-0.2, 0) is 14.3 Å². The number of amides is 1. The minimum Gasteiger partial charge on any atom is -0.464 e. The SMILES string of the molecule is CC(=O)OC[C@H]1NC(=O)C(Cl)(Cl)[C@@H]1CCl. The standard InChI is InChI=1S/C8H10Cl3NO3/c1-4(13)15-3-6-5(2-9)8(10,11)7(14)12-6/h5-6H,2-3H2,1H3,(H,12,14)/t5-,6-/m1/s1. The maximum Gasteiger partial charge on any atom is 0.302 e. The Morgan fingerprint density at radius 3 is 2.67 bits per heavy atom. The van der Waals surface area contributed by atoms with E-state index in [0.29, 0.717) is 0 Å². The molecule has 1 rings (SSSR count). The van der Waals surface area contributed by atoms with E-state index in [0.717, 1.165) is 0 Å². The van der Waals surface area contributed by atoms with E-state index in [9.17, 15) is 9.59 Å². The van der Waals surface area contributed by atoms with E-state index >= 15 is 0 Å². The van der Waals surface area contributed by atoms with Crippen LogP contribution < -0.4 is 5.32 Å². The molecule has 0 saturated carbocycles. The first-order valence-electron chi connectivity index (χ1n) is 4.27. The predicted molar refractivity (Wildman–Crippen MR) is 57.2 cm³/mol. The smallest absolute Gasteiger partial charge is 0.302 e. The first kappa shape index (κ1) is 12.9. The molecule has 0 radical (unpaired) electrons. The molecule has 4 nitrogen and oxygen atoms in total. The van der Waals surface area contributed by atoms with Crippen molar-refractivity contribution in [3.8, 4) is 0 Å². The number of rotatable bonds is 3.